The Kier molecular flexibility index (Phi) is 3.34. The van der Waals surface area contributed by atoms with Crippen LogP contribution in [-0.2, 0) is 14.3 Å². The topological polar surface area (TPSA) is 96.2 Å². The SMILES string of the molecule is CO[C@@H]1O[C@H](CO)[C@@H](O)[C@H](O)C1=O. The Bertz CT molecular complexity index is 189. The molecule has 3 N–H and O–H groups in total. The van der Waals surface area contributed by atoms with Crippen LogP contribution in [0.3, 0.4) is 0 Å². The monoisotopic (exact) mass is 192 g/mol. The molecule has 1 aliphatic rings. The fourth-order valence-corrected chi connectivity index (χ4v) is 1.14. The summed E-state index contributed by atoms with van der Waals surface area (Å²) in [6.45, 7) is -0.481. The van der Waals surface area contributed by atoms with Crippen LogP contribution in [0.5, 0.6) is 0 Å². The maximum absolute atomic E-state index is 11.1. The maximum atomic E-state index is 11.1. The summed E-state index contributed by atoms with van der Waals surface area (Å²) in [6, 6.07) is 0. The second-order valence-corrected chi connectivity index (χ2v) is 2.76. The number of hydrogen-bond acceptors (Lipinski definition) is 6. The molecular weight excluding hydrogens is 180 g/mol. The number of aliphatic hydroxyl groups is 3. The zero-order valence-electron chi connectivity index (χ0n) is 7.08. The molecule has 0 radical (unpaired) electrons. The Morgan fingerprint density at radius 3 is 2.62 bits per heavy atom. The van der Waals surface area contributed by atoms with Crippen LogP contribution in [0.4, 0.5) is 0 Å². The van der Waals surface area contributed by atoms with Gasteiger partial charge in [0.2, 0.25) is 12.1 Å². The van der Waals surface area contributed by atoms with Crippen molar-refractivity contribution < 1.29 is 29.6 Å². The Morgan fingerprint density at radius 2 is 2.15 bits per heavy atom. The van der Waals surface area contributed by atoms with E-state index in [2.05, 4.69) is 4.74 Å². The molecule has 1 aliphatic heterocycles. The van der Waals surface area contributed by atoms with Crippen LogP contribution >= 0.6 is 0 Å². The Hall–Kier alpha value is -0.530. The van der Waals surface area contributed by atoms with Crippen LogP contribution in [0.15, 0.2) is 0 Å². The van der Waals surface area contributed by atoms with Crippen LogP contribution in [0.2, 0.25) is 0 Å². The molecule has 1 heterocycles. The highest BCUT2D eigenvalue weighted by Gasteiger charge is 2.43. The van der Waals surface area contributed by atoms with Crippen molar-refractivity contribution in [3.63, 3.8) is 0 Å². The minimum Gasteiger partial charge on any atom is -0.394 e. The number of carbonyl (C=O) groups excluding carboxylic acids is 1. The van der Waals surface area contributed by atoms with E-state index in [1.165, 1.54) is 7.11 Å². The molecular formula is C7H12O6. The summed E-state index contributed by atoms with van der Waals surface area (Å²) in [5.74, 6) is -0.736. The third kappa shape index (κ3) is 1.87. The lowest BCUT2D eigenvalue weighted by atomic mass is 10.0. The van der Waals surface area contributed by atoms with E-state index in [0.29, 0.717) is 0 Å². The Labute approximate surface area is 74.7 Å². The summed E-state index contributed by atoms with van der Waals surface area (Å²) < 4.78 is 9.45. The zero-order valence-corrected chi connectivity index (χ0v) is 7.08. The highest BCUT2D eigenvalue weighted by molar-refractivity contribution is 5.87. The third-order valence-electron chi connectivity index (χ3n) is 1.92. The van der Waals surface area contributed by atoms with E-state index in [-0.39, 0.29) is 0 Å². The summed E-state index contributed by atoms with van der Waals surface area (Å²) in [5, 5.41) is 27.1. The molecule has 0 aromatic carbocycles. The van der Waals surface area contributed by atoms with Crippen LogP contribution in [0.25, 0.3) is 0 Å². The van der Waals surface area contributed by atoms with Gasteiger partial charge in [-0.1, -0.05) is 0 Å². The minimum absolute atomic E-state index is 0.481. The summed E-state index contributed by atoms with van der Waals surface area (Å²) in [7, 11) is 1.24. The summed E-state index contributed by atoms with van der Waals surface area (Å²) in [5.41, 5.74) is 0. The van der Waals surface area contributed by atoms with Crippen molar-refractivity contribution >= 4 is 5.78 Å². The van der Waals surface area contributed by atoms with Gasteiger partial charge in [0.25, 0.3) is 0 Å². The normalized spacial score (nSPS) is 40.8. The molecule has 1 saturated heterocycles. The molecule has 6 heteroatoms. The molecule has 0 unspecified atom stereocenters. The molecule has 6 nitrogen and oxygen atoms in total. The van der Waals surface area contributed by atoms with Crippen LogP contribution in [0, 0.1) is 0 Å². The summed E-state index contributed by atoms with van der Waals surface area (Å²) in [4.78, 5) is 11.1. The van der Waals surface area contributed by atoms with E-state index in [4.69, 9.17) is 9.84 Å². The maximum Gasteiger partial charge on any atom is 0.220 e. The number of ether oxygens (including phenoxy) is 2. The van der Waals surface area contributed by atoms with Gasteiger partial charge in [-0.3, -0.25) is 4.79 Å². The Balaban J connectivity index is 2.72. The first-order valence-corrected chi connectivity index (χ1v) is 3.80. The number of methoxy groups -OCH3 is 1. The van der Waals surface area contributed by atoms with Gasteiger partial charge in [0, 0.05) is 7.11 Å². The molecule has 13 heavy (non-hydrogen) atoms. The average molecular weight is 192 g/mol. The van der Waals surface area contributed by atoms with Gasteiger partial charge in [0.15, 0.2) is 0 Å². The molecule has 0 amide bonds. The van der Waals surface area contributed by atoms with Crippen molar-refractivity contribution in [3.8, 4) is 0 Å². The van der Waals surface area contributed by atoms with Crippen molar-refractivity contribution in [2.45, 2.75) is 24.6 Å². The predicted molar refractivity (Wildman–Crippen MR) is 39.8 cm³/mol. The minimum atomic E-state index is -1.56. The van der Waals surface area contributed by atoms with E-state index in [1.54, 1.807) is 0 Å². The second-order valence-electron chi connectivity index (χ2n) is 2.76. The average Bonchev–Trinajstić information content (AvgIpc) is 2.15. The smallest absolute Gasteiger partial charge is 0.220 e. The van der Waals surface area contributed by atoms with Gasteiger partial charge < -0.3 is 24.8 Å². The fourth-order valence-electron chi connectivity index (χ4n) is 1.14. The van der Waals surface area contributed by atoms with E-state index >= 15 is 0 Å². The molecule has 0 aromatic heterocycles. The van der Waals surface area contributed by atoms with Gasteiger partial charge in [-0.15, -0.1) is 0 Å². The highest BCUT2D eigenvalue weighted by Crippen LogP contribution is 2.17. The van der Waals surface area contributed by atoms with Crippen LogP contribution in [-0.4, -0.2) is 59.4 Å². The van der Waals surface area contributed by atoms with E-state index in [0.717, 1.165) is 0 Å². The number of rotatable bonds is 2. The van der Waals surface area contributed by atoms with Crippen molar-refractivity contribution in [1.29, 1.82) is 0 Å². The number of Topliss-reactive ketones (excluding diaryl/α,β-unsaturated/α-hetero) is 1. The third-order valence-corrected chi connectivity index (χ3v) is 1.92. The lowest BCUT2D eigenvalue weighted by molar-refractivity contribution is -0.233. The van der Waals surface area contributed by atoms with Crippen LogP contribution in [0.1, 0.15) is 0 Å². The van der Waals surface area contributed by atoms with E-state index in [1.807, 2.05) is 0 Å². The molecule has 0 aliphatic carbocycles. The fraction of sp³-hybridized carbons (Fsp3) is 0.857. The first-order chi connectivity index (χ1) is 6.11. The molecule has 0 aromatic rings. The van der Waals surface area contributed by atoms with Gasteiger partial charge in [-0.25, -0.2) is 0 Å². The first-order valence-electron chi connectivity index (χ1n) is 3.80. The quantitative estimate of drug-likeness (QED) is 0.453. The zero-order chi connectivity index (χ0) is 10.0. The van der Waals surface area contributed by atoms with Crippen molar-refractivity contribution in [2.75, 3.05) is 13.7 Å². The standard InChI is InChI=1S/C7H12O6/c1-12-7-6(11)5(10)4(9)3(2-8)13-7/h3-5,7-10H,2H2,1H3/t3-,4-,5+,7-/m1/s1. The lowest BCUT2D eigenvalue weighted by Crippen LogP contribution is -2.56. The highest BCUT2D eigenvalue weighted by atomic mass is 16.7. The van der Waals surface area contributed by atoms with Crippen molar-refractivity contribution in [3.05, 3.63) is 0 Å². The van der Waals surface area contributed by atoms with Gasteiger partial charge >= 0.3 is 0 Å². The molecule has 76 valence electrons. The van der Waals surface area contributed by atoms with Crippen molar-refractivity contribution in [2.24, 2.45) is 0 Å². The number of ketones is 1. The van der Waals surface area contributed by atoms with Gasteiger partial charge in [0.05, 0.1) is 6.61 Å². The van der Waals surface area contributed by atoms with E-state index in [9.17, 15) is 15.0 Å². The molecule has 1 fully saturated rings. The molecule has 4 atom stereocenters. The Morgan fingerprint density at radius 1 is 1.54 bits per heavy atom. The summed E-state index contributed by atoms with van der Waals surface area (Å²) >= 11 is 0. The summed E-state index contributed by atoms with van der Waals surface area (Å²) in [6.07, 6.45) is -5.16. The van der Waals surface area contributed by atoms with Gasteiger partial charge in [0.1, 0.15) is 18.3 Å². The molecule has 0 spiro atoms. The first kappa shape index (κ1) is 10.6. The van der Waals surface area contributed by atoms with Gasteiger partial charge in [-0.05, 0) is 0 Å². The van der Waals surface area contributed by atoms with E-state index < -0.39 is 37.0 Å². The largest absolute Gasteiger partial charge is 0.394 e. The lowest BCUT2D eigenvalue weighted by Gasteiger charge is -2.33. The number of hydrogen-bond donors (Lipinski definition) is 3. The second kappa shape index (κ2) is 4.12. The van der Waals surface area contributed by atoms with Crippen molar-refractivity contribution in [1.82, 2.24) is 0 Å². The molecule has 0 bridgehead atoms. The number of carbonyl (C=O) groups is 1. The van der Waals surface area contributed by atoms with Gasteiger partial charge in [-0.2, -0.15) is 0 Å². The number of aliphatic hydroxyl groups excluding tert-OH is 3. The predicted octanol–water partition coefficient (Wildman–Crippen LogP) is -2.36. The molecule has 1 rings (SSSR count). The molecule has 0 saturated carbocycles. The van der Waals surface area contributed by atoms with Crippen LogP contribution < -0.4 is 0 Å².